The van der Waals surface area contributed by atoms with E-state index in [1.807, 2.05) is 30.3 Å². The van der Waals surface area contributed by atoms with Crippen molar-refractivity contribution in [1.82, 2.24) is 15.6 Å². The van der Waals surface area contributed by atoms with Crippen LogP contribution < -0.4 is 20.1 Å². The van der Waals surface area contributed by atoms with E-state index in [2.05, 4.69) is 15.6 Å². The Bertz CT molecular complexity index is 721. The highest BCUT2D eigenvalue weighted by atomic mass is 16.5. The third-order valence-electron chi connectivity index (χ3n) is 4.61. The van der Waals surface area contributed by atoms with Crippen LogP contribution in [0.3, 0.4) is 0 Å². The summed E-state index contributed by atoms with van der Waals surface area (Å²) in [6.07, 6.45) is 3.45. The first-order chi connectivity index (χ1) is 12.2. The van der Waals surface area contributed by atoms with Gasteiger partial charge in [-0.3, -0.25) is 9.78 Å². The highest BCUT2D eigenvalue weighted by Crippen LogP contribution is 2.36. The molecule has 1 aliphatic rings. The van der Waals surface area contributed by atoms with Gasteiger partial charge in [-0.1, -0.05) is 6.07 Å². The molecule has 2 heterocycles. The first-order valence-corrected chi connectivity index (χ1v) is 8.32. The van der Waals surface area contributed by atoms with Gasteiger partial charge in [-0.2, -0.15) is 0 Å². The summed E-state index contributed by atoms with van der Waals surface area (Å²) in [7, 11) is 3.26. The minimum absolute atomic E-state index is 0.0460. The molecular formula is C19H23N3O3. The first-order valence-electron chi connectivity index (χ1n) is 8.32. The smallest absolute Gasteiger partial charge is 0.225 e. The standard InChI is InChI=1S/C19H23N3O3/c1-24-14-3-4-15(18(9-14)25-2)16-11-21-12-17(16)19(23)22-10-13-5-7-20-8-6-13/h3-9,16-17,21H,10-12H2,1-2H3,(H,22,23). The third-order valence-corrected chi connectivity index (χ3v) is 4.61. The van der Waals surface area contributed by atoms with Gasteiger partial charge in [0.05, 0.1) is 20.1 Å². The molecule has 3 rings (SSSR count). The second-order valence-corrected chi connectivity index (χ2v) is 6.05. The number of methoxy groups -OCH3 is 2. The Morgan fingerprint density at radius 1 is 1.20 bits per heavy atom. The molecule has 6 nitrogen and oxygen atoms in total. The van der Waals surface area contributed by atoms with Gasteiger partial charge < -0.3 is 20.1 Å². The van der Waals surface area contributed by atoms with Crippen molar-refractivity contribution in [2.45, 2.75) is 12.5 Å². The minimum atomic E-state index is -0.135. The molecule has 0 saturated carbocycles. The number of ether oxygens (including phenoxy) is 2. The van der Waals surface area contributed by atoms with Crippen LogP contribution in [0.4, 0.5) is 0 Å². The molecule has 6 heteroatoms. The van der Waals surface area contributed by atoms with Crippen LogP contribution in [0.25, 0.3) is 0 Å². The van der Waals surface area contributed by atoms with Crippen molar-refractivity contribution in [3.05, 3.63) is 53.9 Å². The maximum Gasteiger partial charge on any atom is 0.225 e. The zero-order chi connectivity index (χ0) is 17.6. The van der Waals surface area contributed by atoms with E-state index < -0.39 is 0 Å². The van der Waals surface area contributed by atoms with Gasteiger partial charge in [0.2, 0.25) is 5.91 Å². The molecule has 132 valence electrons. The molecule has 2 atom stereocenters. The zero-order valence-corrected chi connectivity index (χ0v) is 14.5. The number of rotatable bonds is 6. The number of benzene rings is 1. The molecule has 25 heavy (non-hydrogen) atoms. The SMILES string of the molecule is COc1ccc(C2CNCC2C(=O)NCc2ccncc2)c(OC)c1. The number of nitrogens with one attached hydrogen (secondary N) is 2. The van der Waals surface area contributed by atoms with Crippen LogP contribution in [0.1, 0.15) is 17.0 Å². The van der Waals surface area contributed by atoms with Crippen LogP contribution >= 0.6 is 0 Å². The van der Waals surface area contributed by atoms with Crippen LogP contribution in [0.5, 0.6) is 11.5 Å². The van der Waals surface area contributed by atoms with E-state index in [0.29, 0.717) is 13.1 Å². The average Bonchev–Trinajstić information content (AvgIpc) is 3.16. The molecule has 0 bridgehead atoms. The maximum absolute atomic E-state index is 12.7. The van der Waals surface area contributed by atoms with Gasteiger partial charge >= 0.3 is 0 Å². The van der Waals surface area contributed by atoms with E-state index in [4.69, 9.17) is 9.47 Å². The van der Waals surface area contributed by atoms with Gasteiger partial charge in [-0.25, -0.2) is 0 Å². The lowest BCUT2D eigenvalue weighted by Gasteiger charge is -2.21. The molecule has 0 aliphatic carbocycles. The monoisotopic (exact) mass is 341 g/mol. The fraction of sp³-hybridized carbons (Fsp3) is 0.368. The quantitative estimate of drug-likeness (QED) is 0.837. The number of carbonyl (C=O) groups is 1. The van der Waals surface area contributed by atoms with Crippen LogP contribution in [-0.4, -0.2) is 38.2 Å². The minimum Gasteiger partial charge on any atom is -0.497 e. The van der Waals surface area contributed by atoms with Crippen LogP contribution in [0, 0.1) is 5.92 Å². The summed E-state index contributed by atoms with van der Waals surface area (Å²) < 4.78 is 10.8. The van der Waals surface area contributed by atoms with E-state index in [9.17, 15) is 4.79 Å². The Balaban J connectivity index is 1.73. The van der Waals surface area contributed by atoms with Gasteiger partial charge in [0.1, 0.15) is 11.5 Å². The number of aromatic nitrogens is 1. The molecule has 2 aromatic rings. The van der Waals surface area contributed by atoms with E-state index in [1.165, 1.54) is 0 Å². The predicted molar refractivity (Wildman–Crippen MR) is 94.7 cm³/mol. The van der Waals surface area contributed by atoms with E-state index in [1.54, 1.807) is 26.6 Å². The number of pyridine rings is 1. The molecule has 1 amide bonds. The second-order valence-electron chi connectivity index (χ2n) is 6.05. The van der Waals surface area contributed by atoms with Crippen molar-refractivity contribution in [2.24, 2.45) is 5.92 Å². The molecule has 1 aliphatic heterocycles. The van der Waals surface area contributed by atoms with E-state index in [-0.39, 0.29) is 17.7 Å². The van der Waals surface area contributed by atoms with Gasteiger partial charge in [0.15, 0.2) is 0 Å². The Morgan fingerprint density at radius 3 is 2.72 bits per heavy atom. The lowest BCUT2D eigenvalue weighted by molar-refractivity contribution is -0.125. The van der Waals surface area contributed by atoms with Crippen molar-refractivity contribution in [1.29, 1.82) is 0 Å². The molecule has 1 aromatic heterocycles. The van der Waals surface area contributed by atoms with Crippen molar-refractivity contribution >= 4 is 5.91 Å². The zero-order valence-electron chi connectivity index (χ0n) is 14.5. The summed E-state index contributed by atoms with van der Waals surface area (Å²) in [5.41, 5.74) is 2.06. The Labute approximate surface area is 147 Å². The lowest BCUT2D eigenvalue weighted by Crippen LogP contribution is -2.34. The number of nitrogens with zero attached hydrogens (tertiary/aromatic N) is 1. The number of amides is 1. The lowest BCUT2D eigenvalue weighted by atomic mass is 9.87. The van der Waals surface area contributed by atoms with Gasteiger partial charge in [0.25, 0.3) is 0 Å². The predicted octanol–water partition coefficient (Wildman–Crippen LogP) is 1.72. The number of hydrogen-bond acceptors (Lipinski definition) is 5. The fourth-order valence-electron chi connectivity index (χ4n) is 3.23. The molecular weight excluding hydrogens is 318 g/mol. The van der Waals surface area contributed by atoms with Crippen LogP contribution in [-0.2, 0) is 11.3 Å². The van der Waals surface area contributed by atoms with Crippen LogP contribution in [0.15, 0.2) is 42.7 Å². The molecule has 0 radical (unpaired) electrons. The van der Waals surface area contributed by atoms with Crippen molar-refractivity contribution in [2.75, 3.05) is 27.3 Å². The third kappa shape index (κ3) is 3.91. The van der Waals surface area contributed by atoms with Crippen molar-refractivity contribution in [3.8, 4) is 11.5 Å². The van der Waals surface area contributed by atoms with Crippen LogP contribution in [0.2, 0.25) is 0 Å². The normalized spacial score (nSPS) is 19.4. The maximum atomic E-state index is 12.7. The average molecular weight is 341 g/mol. The number of hydrogen-bond donors (Lipinski definition) is 2. The second kappa shape index (κ2) is 7.98. The fourth-order valence-corrected chi connectivity index (χ4v) is 3.23. The first kappa shape index (κ1) is 17.2. The largest absolute Gasteiger partial charge is 0.497 e. The molecule has 1 fully saturated rings. The molecule has 1 aromatic carbocycles. The highest BCUT2D eigenvalue weighted by molar-refractivity contribution is 5.80. The Kier molecular flexibility index (Phi) is 5.50. The summed E-state index contributed by atoms with van der Waals surface area (Å²) in [6, 6.07) is 9.55. The van der Waals surface area contributed by atoms with Gasteiger partial charge in [-0.15, -0.1) is 0 Å². The highest BCUT2D eigenvalue weighted by Gasteiger charge is 2.35. The molecule has 2 unspecified atom stereocenters. The van der Waals surface area contributed by atoms with Gasteiger partial charge in [0, 0.05) is 44.0 Å². The van der Waals surface area contributed by atoms with Gasteiger partial charge in [-0.05, 0) is 29.3 Å². The molecule has 0 spiro atoms. The molecule has 1 saturated heterocycles. The molecule has 2 N–H and O–H groups in total. The van der Waals surface area contributed by atoms with Crippen molar-refractivity contribution < 1.29 is 14.3 Å². The van der Waals surface area contributed by atoms with E-state index >= 15 is 0 Å². The summed E-state index contributed by atoms with van der Waals surface area (Å²) >= 11 is 0. The Morgan fingerprint density at radius 2 is 2.00 bits per heavy atom. The summed E-state index contributed by atoms with van der Waals surface area (Å²) in [5.74, 6) is 1.47. The summed E-state index contributed by atoms with van der Waals surface area (Å²) in [4.78, 5) is 16.7. The summed E-state index contributed by atoms with van der Waals surface area (Å²) in [5, 5.41) is 6.35. The summed E-state index contributed by atoms with van der Waals surface area (Å²) in [6.45, 7) is 1.91. The van der Waals surface area contributed by atoms with Crippen molar-refractivity contribution in [3.63, 3.8) is 0 Å². The Hall–Kier alpha value is -2.60. The number of carbonyl (C=O) groups excluding carboxylic acids is 1. The topological polar surface area (TPSA) is 72.5 Å². The van der Waals surface area contributed by atoms with E-state index in [0.717, 1.165) is 29.2 Å².